The maximum atomic E-state index is 12.9. The summed E-state index contributed by atoms with van der Waals surface area (Å²) in [6.45, 7) is 8.62. The summed E-state index contributed by atoms with van der Waals surface area (Å²) in [5.41, 5.74) is 3.49. The van der Waals surface area contributed by atoms with Crippen LogP contribution >= 0.6 is 0 Å². The molecule has 1 N–H and O–H groups in total. The number of nitrogens with one attached hydrogen (secondary N) is 1. The van der Waals surface area contributed by atoms with E-state index in [0.29, 0.717) is 0 Å². The predicted molar refractivity (Wildman–Crippen MR) is 110 cm³/mol. The fourth-order valence-corrected chi connectivity index (χ4v) is 3.11. The number of hydrogen-bond donors (Lipinski definition) is 1. The molecule has 146 valence electrons. The molecule has 1 atom stereocenters. The van der Waals surface area contributed by atoms with E-state index in [9.17, 15) is 4.79 Å². The average molecular weight is 360 g/mol. The number of amides is 1. The van der Waals surface area contributed by atoms with Gasteiger partial charge in [-0.2, -0.15) is 0 Å². The standard InChI is InChI=1S/C23H37NO2/c1-6-9-10-12-20(11-7-2)23(25)24-22(18(4)8-3)17-19-13-15-21(26-5)16-14-19/h13-16,20H,6-12,17H2,1-5H3,(H,24,25)/b22-18+. The van der Waals surface area contributed by atoms with Crippen molar-refractivity contribution in [3.05, 3.63) is 41.1 Å². The van der Waals surface area contributed by atoms with Gasteiger partial charge in [0.05, 0.1) is 7.11 Å². The van der Waals surface area contributed by atoms with Crippen LogP contribution in [-0.4, -0.2) is 13.0 Å². The lowest BCUT2D eigenvalue weighted by molar-refractivity contribution is -0.124. The number of benzene rings is 1. The summed E-state index contributed by atoms with van der Waals surface area (Å²) in [6, 6.07) is 8.08. The van der Waals surface area contributed by atoms with Gasteiger partial charge >= 0.3 is 0 Å². The summed E-state index contributed by atoms with van der Waals surface area (Å²) in [4.78, 5) is 12.9. The van der Waals surface area contributed by atoms with E-state index >= 15 is 0 Å². The molecule has 0 heterocycles. The van der Waals surface area contributed by atoms with Crippen molar-refractivity contribution in [2.75, 3.05) is 7.11 Å². The van der Waals surface area contributed by atoms with Crippen molar-refractivity contribution < 1.29 is 9.53 Å². The summed E-state index contributed by atoms with van der Waals surface area (Å²) >= 11 is 0. The van der Waals surface area contributed by atoms with E-state index in [2.05, 4.69) is 45.1 Å². The number of methoxy groups -OCH3 is 1. The smallest absolute Gasteiger partial charge is 0.227 e. The molecule has 3 nitrogen and oxygen atoms in total. The van der Waals surface area contributed by atoms with Gasteiger partial charge in [0.15, 0.2) is 0 Å². The van der Waals surface area contributed by atoms with Crippen molar-refractivity contribution >= 4 is 5.91 Å². The van der Waals surface area contributed by atoms with Crippen LogP contribution < -0.4 is 10.1 Å². The summed E-state index contributed by atoms with van der Waals surface area (Å²) in [5.74, 6) is 1.18. The molecule has 0 radical (unpaired) electrons. The number of carbonyl (C=O) groups is 1. The second-order valence-electron chi connectivity index (χ2n) is 7.11. The molecule has 3 heteroatoms. The first-order chi connectivity index (χ1) is 12.5. The molecule has 0 saturated heterocycles. The van der Waals surface area contributed by atoms with Crippen LogP contribution in [0.3, 0.4) is 0 Å². The Morgan fingerprint density at radius 3 is 2.27 bits per heavy atom. The highest BCUT2D eigenvalue weighted by molar-refractivity contribution is 5.80. The number of ether oxygens (including phenoxy) is 1. The minimum atomic E-state index is 0.127. The molecule has 0 aliphatic rings. The van der Waals surface area contributed by atoms with Crippen molar-refractivity contribution in [1.29, 1.82) is 0 Å². The molecule has 1 amide bonds. The van der Waals surface area contributed by atoms with Gasteiger partial charge < -0.3 is 10.1 Å². The molecule has 0 bridgehead atoms. The Bertz CT molecular complexity index is 560. The van der Waals surface area contributed by atoms with Crippen molar-refractivity contribution in [2.24, 2.45) is 5.92 Å². The van der Waals surface area contributed by atoms with Gasteiger partial charge in [-0.1, -0.05) is 64.2 Å². The molecule has 0 aliphatic heterocycles. The first-order valence-electron chi connectivity index (χ1n) is 10.2. The predicted octanol–water partition coefficient (Wildman–Crippen LogP) is 6.03. The molecule has 1 unspecified atom stereocenters. The van der Waals surface area contributed by atoms with Crippen LogP contribution in [0.5, 0.6) is 5.75 Å². The van der Waals surface area contributed by atoms with E-state index in [4.69, 9.17) is 4.74 Å². The Balaban J connectivity index is 2.83. The highest BCUT2D eigenvalue weighted by atomic mass is 16.5. The third kappa shape index (κ3) is 7.63. The first kappa shape index (κ1) is 22.3. The summed E-state index contributed by atoms with van der Waals surface area (Å²) in [7, 11) is 1.67. The minimum absolute atomic E-state index is 0.127. The minimum Gasteiger partial charge on any atom is -0.497 e. The van der Waals surface area contributed by atoms with Crippen LogP contribution in [-0.2, 0) is 11.2 Å². The average Bonchev–Trinajstić information content (AvgIpc) is 2.66. The Hall–Kier alpha value is -1.77. The van der Waals surface area contributed by atoms with Crippen LogP contribution in [0.4, 0.5) is 0 Å². The zero-order chi connectivity index (χ0) is 19.4. The Labute approximate surface area is 160 Å². The van der Waals surface area contributed by atoms with Crippen molar-refractivity contribution in [1.82, 2.24) is 5.32 Å². The van der Waals surface area contributed by atoms with E-state index in [1.165, 1.54) is 24.0 Å². The Morgan fingerprint density at radius 1 is 1.04 bits per heavy atom. The van der Waals surface area contributed by atoms with Gasteiger partial charge in [0.1, 0.15) is 5.75 Å². The van der Waals surface area contributed by atoms with Crippen LogP contribution in [0.1, 0.15) is 78.2 Å². The molecule has 1 rings (SSSR count). The molecular weight excluding hydrogens is 322 g/mol. The molecule has 1 aromatic carbocycles. The van der Waals surface area contributed by atoms with E-state index in [1.807, 2.05) is 12.1 Å². The van der Waals surface area contributed by atoms with Crippen molar-refractivity contribution in [3.63, 3.8) is 0 Å². The second-order valence-corrected chi connectivity index (χ2v) is 7.11. The lowest BCUT2D eigenvalue weighted by Crippen LogP contribution is -2.31. The summed E-state index contributed by atoms with van der Waals surface area (Å²) in [6.07, 6.45) is 8.25. The van der Waals surface area contributed by atoms with Gasteiger partial charge in [0.2, 0.25) is 5.91 Å². The van der Waals surface area contributed by atoms with Crippen LogP contribution in [0.15, 0.2) is 35.5 Å². The van der Waals surface area contributed by atoms with Gasteiger partial charge in [-0.3, -0.25) is 4.79 Å². The summed E-state index contributed by atoms with van der Waals surface area (Å²) in [5, 5.41) is 3.27. The zero-order valence-electron chi connectivity index (χ0n) is 17.4. The molecule has 0 spiro atoms. The highest BCUT2D eigenvalue weighted by Gasteiger charge is 2.19. The first-order valence-corrected chi connectivity index (χ1v) is 10.2. The topological polar surface area (TPSA) is 38.3 Å². The van der Waals surface area contributed by atoms with Gasteiger partial charge in [-0.25, -0.2) is 0 Å². The van der Waals surface area contributed by atoms with Crippen molar-refractivity contribution in [2.45, 2.75) is 79.1 Å². The number of hydrogen-bond acceptors (Lipinski definition) is 2. The molecule has 0 aliphatic carbocycles. The van der Waals surface area contributed by atoms with Gasteiger partial charge in [-0.05, 0) is 43.9 Å². The monoisotopic (exact) mass is 359 g/mol. The maximum Gasteiger partial charge on any atom is 0.227 e. The van der Waals surface area contributed by atoms with Gasteiger partial charge in [-0.15, -0.1) is 0 Å². The van der Waals surface area contributed by atoms with E-state index < -0.39 is 0 Å². The number of rotatable bonds is 12. The quantitative estimate of drug-likeness (QED) is 0.462. The van der Waals surface area contributed by atoms with E-state index in [-0.39, 0.29) is 11.8 Å². The van der Waals surface area contributed by atoms with Crippen LogP contribution in [0, 0.1) is 5.92 Å². The van der Waals surface area contributed by atoms with Gasteiger partial charge in [0, 0.05) is 18.0 Å². The number of unbranched alkanes of at least 4 members (excludes halogenated alkanes) is 2. The van der Waals surface area contributed by atoms with Gasteiger partial charge in [0.25, 0.3) is 0 Å². The molecular formula is C23H37NO2. The normalized spacial score (nSPS) is 13.1. The third-order valence-corrected chi connectivity index (χ3v) is 5.02. The molecule has 0 fully saturated rings. The Kier molecular flexibility index (Phi) is 10.8. The molecule has 0 aromatic heterocycles. The highest BCUT2D eigenvalue weighted by Crippen LogP contribution is 2.20. The largest absolute Gasteiger partial charge is 0.497 e. The van der Waals surface area contributed by atoms with E-state index in [0.717, 1.165) is 50.0 Å². The third-order valence-electron chi connectivity index (χ3n) is 5.02. The molecule has 1 aromatic rings. The van der Waals surface area contributed by atoms with Crippen LogP contribution in [0.25, 0.3) is 0 Å². The number of allylic oxidation sites excluding steroid dienone is 2. The van der Waals surface area contributed by atoms with Crippen LogP contribution in [0.2, 0.25) is 0 Å². The lowest BCUT2D eigenvalue weighted by Gasteiger charge is -2.19. The lowest BCUT2D eigenvalue weighted by atomic mass is 9.95. The molecule has 0 saturated carbocycles. The summed E-state index contributed by atoms with van der Waals surface area (Å²) < 4.78 is 5.23. The number of carbonyl (C=O) groups excluding carboxylic acids is 1. The Morgan fingerprint density at radius 2 is 1.73 bits per heavy atom. The fourth-order valence-electron chi connectivity index (χ4n) is 3.11. The fraction of sp³-hybridized carbons (Fsp3) is 0.609. The zero-order valence-corrected chi connectivity index (χ0v) is 17.4. The van der Waals surface area contributed by atoms with E-state index in [1.54, 1.807) is 7.11 Å². The SMILES string of the molecule is CCCCCC(CCC)C(=O)N/C(Cc1ccc(OC)cc1)=C(\C)CC. The molecule has 26 heavy (non-hydrogen) atoms. The second kappa shape index (κ2) is 12.6. The van der Waals surface area contributed by atoms with Crippen molar-refractivity contribution in [3.8, 4) is 5.75 Å². The maximum absolute atomic E-state index is 12.9.